The van der Waals surface area contributed by atoms with E-state index in [9.17, 15) is 0 Å². The molecule has 1 aliphatic rings. The molecule has 0 spiro atoms. The van der Waals surface area contributed by atoms with E-state index < -0.39 is 0 Å². The zero-order valence-electron chi connectivity index (χ0n) is 4.15. The zero-order chi connectivity index (χ0) is 4.57. The fourth-order valence-corrected chi connectivity index (χ4v) is 0.728. The summed E-state index contributed by atoms with van der Waals surface area (Å²) in [5.41, 5.74) is 5.32. The quantitative estimate of drug-likeness (QED) is 0.443. The van der Waals surface area contributed by atoms with Crippen LogP contribution in [-0.2, 0) is 0 Å². The monoisotopic (exact) mass is 83.1 g/mol. The molecule has 1 saturated heterocycles. The summed E-state index contributed by atoms with van der Waals surface area (Å²) in [7, 11) is 1.37. The first-order valence-electron chi connectivity index (χ1n) is 2.54. The highest BCUT2D eigenvalue weighted by atomic mass is 14.6. The van der Waals surface area contributed by atoms with Gasteiger partial charge in [-0.2, -0.15) is 0 Å². The van der Waals surface area contributed by atoms with E-state index in [1.54, 1.807) is 0 Å². The largest absolute Gasteiger partial charge is 0.331 e. The van der Waals surface area contributed by atoms with E-state index in [2.05, 4.69) is 6.92 Å². The summed E-state index contributed by atoms with van der Waals surface area (Å²) >= 11 is 0. The van der Waals surface area contributed by atoms with Gasteiger partial charge < -0.3 is 5.73 Å². The van der Waals surface area contributed by atoms with E-state index in [1.165, 1.54) is 7.28 Å². The molecule has 0 aliphatic carbocycles. The van der Waals surface area contributed by atoms with Gasteiger partial charge in [-0.05, 0) is 6.54 Å². The summed E-state index contributed by atoms with van der Waals surface area (Å²) < 4.78 is 0. The predicted molar refractivity (Wildman–Crippen MR) is 29.4 cm³/mol. The Balaban J connectivity index is 2.09. The number of rotatable bonds is 1. The molecule has 1 fully saturated rings. The maximum atomic E-state index is 5.32. The first kappa shape index (κ1) is 4.19. The molecule has 0 aromatic carbocycles. The first-order valence-corrected chi connectivity index (χ1v) is 2.54. The van der Waals surface area contributed by atoms with Crippen LogP contribution < -0.4 is 5.73 Å². The van der Waals surface area contributed by atoms with Gasteiger partial charge in [-0.25, -0.2) is 0 Å². The topological polar surface area (TPSA) is 26.0 Å². The van der Waals surface area contributed by atoms with Crippen molar-refractivity contribution in [2.24, 2.45) is 5.73 Å². The third-order valence-electron chi connectivity index (χ3n) is 1.58. The normalized spacial score (nSPS) is 41.7. The lowest BCUT2D eigenvalue weighted by molar-refractivity contribution is 0.913. The van der Waals surface area contributed by atoms with Gasteiger partial charge in [0.2, 0.25) is 0 Å². The van der Waals surface area contributed by atoms with Crippen molar-refractivity contribution in [2.75, 3.05) is 6.54 Å². The Hall–Kier alpha value is 0.0249. The van der Waals surface area contributed by atoms with Crippen LogP contribution in [0.5, 0.6) is 0 Å². The van der Waals surface area contributed by atoms with Gasteiger partial charge in [-0.15, -0.1) is 0 Å². The predicted octanol–water partition coefficient (Wildman–Crippen LogP) is -0.00790. The second kappa shape index (κ2) is 1.26. The van der Waals surface area contributed by atoms with Gasteiger partial charge in [0.05, 0.1) is 0 Å². The van der Waals surface area contributed by atoms with E-state index in [0.717, 1.165) is 18.2 Å². The molecule has 1 rings (SSSR count). The molecular weight excluding hydrogens is 72.9 g/mol. The van der Waals surface area contributed by atoms with Gasteiger partial charge in [0.15, 0.2) is 0 Å². The van der Waals surface area contributed by atoms with E-state index in [4.69, 9.17) is 5.73 Å². The van der Waals surface area contributed by atoms with Gasteiger partial charge in [-0.3, -0.25) is 0 Å². The maximum Gasteiger partial charge on any atom is 0.127 e. The molecule has 0 saturated carbocycles. The minimum absolute atomic E-state index is 0.880. The van der Waals surface area contributed by atoms with E-state index in [-0.39, 0.29) is 0 Å². The van der Waals surface area contributed by atoms with E-state index in [0.29, 0.717) is 0 Å². The van der Waals surface area contributed by atoms with Crippen LogP contribution in [0.3, 0.4) is 0 Å². The van der Waals surface area contributed by atoms with Crippen LogP contribution in [0.2, 0.25) is 11.6 Å². The molecule has 2 N–H and O–H groups in total. The van der Waals surface area contributed by atoms with Crippen LogP contribution in [0, 0.1) is 0 Å². The zero-order valence-corrected chi connectivity index (χ0v) is 4.15. The van der Waals surface area contributed by atoms with Crippen LogP contribution in [0.15, 0.2) is 0 Å². The molecule has 0 aromatic rings. The highest BCUT2D eigenvalue weighted by molar-refractivity contribution is 6.53. The Kier molecular flexibility index (Phi) is 0.883. The molecule has 0 bridgehead atoms. The molecule has 0 radical (unpaired) electrons. The molecule has 1 heterocycles. The summed E-state index contributed by atoms with van der Waals surface area (Å²) in [6.45, 7) is 3.15. The Morgan fingerprint density at radius 1 is 1.83 bits per heavy atom. The number of hydrogen-bond acceptors (Lipinski definition) is 1. The standard InChI is InChI=1S/C4H10BN/c1-3-4(2-6)5-3/h3-5H,2,6H2,1H3/t3-,4?/m0/s1. The van der Waals surface area contributed by atoms with Gasteiger partial charge in [0.1, 0.15) is 7.28 Å². The molecule has 0 aromatic heterocycles. The Morgan fingerprint density at radius 3 is 2.33 bits per heavy atom. The summed E-state index contributed by atoms with van der Waals surface area (Å²) in [5, 5.41) is 0. The summed E-state index contributed by atoms with van der Waals surface area (Å²) in [5.74, 6) is 1.82. The van der Waals surface area contributed by atoms with Crippen LogP contribution in [0.1, 0.15) is 6.92 Å². The molecule has 34 valence electrons. The fourth-order valence-electron chi connectivity index (χ4n) is 0.728. The molecule has 6 heavy (non-hydrogen) atoms. The molecule has 1 nitrogen and oxygen atoms in total. The van der Waals surface area contributed by atoms with E-state index >= 15 is 0 Å². The van der Waals surface area contributed by atoms with Crippen molar-refractivity contribution < 1.29 is 0 Å². The maximum absolute atomic E-state index is 5.32. The van der Waals surface area contributed by atoms with Gasteiger partial charge in [0.25, 0.3) is 0 Å². The van der Waals surface area contributed by atoms with Crippen LogP contribution in [-0.4, -0.2) is 13.8 Å². The highest BCUT2D eigenvalue weighted by Gasteiger charge is 2.32. The van der Waals surface area contributed by atoms with Gasteiger partial charge in [-0.1, -0.05) is 18.6 Å². The molecule has 2 atom stereocenters. The van der Waals surface area contributed by atoms with Gasteiger partial charge in [0, 0.05) is 0 Å². The highest BCUT2D eigenvalue weighted by Crippen LogP contribution is 2.38. The summed E-state index contributed by atoms with van der Waals surface area (Å²) in [4.78, 5) is 0. The molecule has 2 heteroatoms. The second-order valence-electron chi connectivity index (χ2n) is 2.21. The minimum Gasteiger partial charge on any atom is -0.331 e. The third kappa shape index (κ3) is 0.572. The minimum atomic E-state index is 0.880. The molecular formula is C4H10BN. The Labute approximate surface area is 39.2 Å². The van der Waals surface area contributed by atoms with Crippen molar-refractivity contribution >= 4 is 7.28 Å². The van der Waals surface area contributed by atoms with Crippen LogP contribution in [0.25, 0.3) is 0 Å². The van der Waals surface area contributed by atoms with Crippen LogP contribution >= 0.6 is 0 Å². The SMILES string of the molecule is C[C@@H]1BC1CN. The van der Waals surface area contributed by atoms with Crippen molar-refractivity contribution in [3.63, 3.8) is 0 Å². The molecule has 0 amide bonds. The lowest BCUT2D eigenvalue weighted by atomic mass is 10.0. The van der Waals surface area contributed by atoms with Crippen molar-refractivity contribution in [3.8, 4) is 0 Å². The van der Waals surface area contributed by atoms with Crippen molar-refractivity contribution in [3.05, 3.63) is 0 Å². The Bertz CT molecular complexity index is 53.5. The summed E-state index contributed by atoms with van der Waals surface area (Å²) in [6.07, 6.45) is 0. The average Bonchev–Trinajstić information content (AvgIpc) is 2.19. The Morgan fingerprint density at radius 2 is 2.33 bits per heavy atom. The summed E-state index contributed by atoms with van der Waals surface area (Å²) in [6, 6.07) is 0. The fraction of sp³-hybridized carbons (Fsp3) is 1.00. The second-order valence-corrected chi connectivity index (χ2v) is 2.21. The third-order valence-corrected chi connectivity index (χ3v) is 1.58. The smallest absolute Gasteiger partial charge is 0.127 e. The van der Waals surface area contributed by atoms with Crippen molar-refractivity contribution in [2.45, 2.75) is 18.6 Å². The van der Waals surface area contributed by atoms with Gasteiger partial charge >= 0.3 is 0 Å². The lowest BCUT2D eigenvalue weighted by Gasteiger charge is -1.81. The lowest BCUT2D eigenvalue weighted by Crippen LogP contribution is -1.96. The number of nitrogens with two attached hydrogens (primary N) is 1. The average molecular weight is 82.9 g/mol. The molecule has 1 unspecified atom stereocenters. The van der Waals surface area contributed by atoms with Crippen molar-refractivity contribution in [1.82, 2.24) is 0 Å². The first-order chi connectivity index (χ1) is 2.84. The molecule has 1 aliphatic heterocycles. The number of hydrogen-bond donors (Lipinski definition) is 1. The van der Waals surface area contributed by atoms with E-state index in [1.807, 2.05) is 0 Å². The van der Waals surface area contributed by atoms with Crippen LogP contribution in [0.4, 0.5) is 0 Å². The van der Waals surface area contributed by atoms with Crippen molar-refractivity contribution in [1.29, 1.82) is 0 Å².